The molecule has 2 aromatic rings. The van der Waals surface area contributed by atoms with Gasteiger partial charge in [0.1, 0.15) is 0 Å². The van der Waals surface area contributed by atoms with Crippen molar-refractivity contribution >= 4 is 12.0 Å². The number of methoxy groups -OCH3 is 1. The highest BCUT2D eigenvalue weighted by molar-refractivity contribution is 5.92. The van der Waals surface area contributed by atoms with Crippen molar-refractivity contribution in [3.63, 3.8) is 0 Å². The van der Waals surface area contributed by atoms with E-state index >= 15 is 0 Å². The first kappa shape index (κ1) is 17.5. The molecule has 0 spiro atoms. The Balaban J connectivity index is 2.02. The zero-order chi connectivity index (χ0) is 17.4. The maximum absolute atomic E-state index is 12.1. The van der Waals surface area contributed by atoms with E-state index in [1.165, 1.54) is 6.08 Å². The highest BCUT2D eigenvalue weighted by Crippen LogP contribution is 2.28. The summed E-state index contributed by atoms with van der Waals surface area (Å²) in [5.74, 6) is 1.17. The van der Waals surface area contributed by atoms with E-state index in [0.717, 1.165) is 11.1 Å². The van der Waals surface area contributed by atoms with Crippen LogP contribution in [0.3, 0.4) is 0 Å². The largest absolute Gasteiger partial charge is 0.493 e. The van der Waals surface area contributed by atoms with Crippen LogP contribution >= 0.6 is 0 Å². The second-order valence-corrected chi connectivity index (χ2v) is 5.19. The summed E-state index contributed by atoms with van der Waals surface area (Å²) >= 11 is 0. The van der Waals surface area contributed by atoms with Crippen LogP contribution in [0.15, 0.2) is 48.8 Å². The monoisotopic (exact) mass is 326 g/mol. The predicted molar refractivity (Wildman–Crippen MR) is 94.0 cm³/mol. The number of ether oxygens (including phenoxy) is 2. The number of rotatable bonds is 7. The minimum atomic E-state index is -0.159. The number of aromatic nitrogens is 1. The maximum Gasteiger partial charge on any atom is 0.244 e. The third-order valence-corrected chi connectivity index (χ3v) is 3.48. The van der Waals surface area contributed by atoms with Gasteiger partial charge in [-0.2, -0.15) is 0 Å². The Morgan fingerprint density at radius 2 is 2.00 bits per heavy atom. The fourth-order valence-electron chi connectivity index (χ4n) is 2.23. The van der Waals surface area contributed by atoms with Crippen molar-refractivity contribution in [2.45, 2.75) is 19.9 Å². The van der Waals surface area contributed by atoms with Gasteiger partial charge in [-0.25, -0.2) is 0 Å². The van der Waals surface area contributed by atoms with Crippen molar-refractivity contribution in [1.82, 2.24) is 10.3 Å². The summed E-state index contributed by atoms with van der Waals surface area (Å²) in [7, 11) is 1.60. The summed E-state index contributed by atoms with van der Waals surface area (Å²) in [6.45, 7) is 4.39. The van der Waals surface area contributed by atoms with Crippen LogP contribution in [0.5, 0.6) is 11.5 Å². The van der Waals surface area contributed by atoms with Crippen LogP contribution in [0.2, 0.25) is 0 Å². The molecule has 5 heteroatoms. The van der Waals surface area contributed by atoms with E-state index in [-0.39, 0.29) is 11.9 Å². The molecule has 1 heterocycles. The summed E-state index contributed by atoms with van der Waals surface area (Å²) in [5, 5.41) is 2.92. The summed E-state index contributed by atoms with van der Waals surface area (Å²) in [6.07, 6.45) is 6.67. The number of nitrogens with zero attached hydrogens (tertiary/aromatic N) is 1. The van der Waals surface area contributed by atoms with Crippen molar-refractivity contribution in [2.75, 3.05) is 13.7 Å². The first-order valence-corrected chi connectivity index (χ1v) is 7.83. The normalized spacial score (nSPS) is 12.0. The lowest BCUT2D eigenvalue weighted by Gasteiger charge is -2.12. The van der Waals surface area contributed by atoms with E-state index in [2.05, 4.69) is 10.3 Å². The zero-order valence-corrected chi connectivity index (χ0v) is 14.2. The molecule has 2 rings (SSSR count). The van der Waals surface area contributed by atoms with Gasteiger partial charge in [-0.3, -0.25) is 9.78 Å². The Bertz CT molecular complexity index is 699. The Morgan fingerprint density at radius 1 is 1.25 bits per heavy atom. The highest BCUT2D eigenvalue weighted by atomic mass is 16.5. The molecule has 0 bridgehead atoms. The Labute approximate surface area is 142 Å². The van der Waals surface area contributed by atoms with Crippen LogP contribution in [-0.4, -0.2) is 24.6 Å². The predicted octanol–water partition coefficient (Wildman–Crippen LogP) is 3.38. The first-order valence-electron chi connectivity index (χ1n) is 7.83. The molecule has 5 nitrogen and oxygen atoms in total. The lowest BCUT2D eigenvalue weighted by molar-refractivity contribution is -0.117. The van der Waals surface area contributed by atoms with E-state index in [9.17, 15) is 4.79 Å². The number of benzene rings is 1. The van der Waals surface area contributed by atoms with Crippen molar-refractivity contribution < 1.29 is 14.3 Å². The van der Waals surface area contributed by atoms with Gasteiger partial charge in [0.15, 0.2) is 11.5 Å². The van der Waals surface area contributed by atoms with E-state index < -0.39 is 0 Å². The molecule has 1 aromatic carbocycles. The first-order chi connectivity index (χ1) is 11.6. The van der Waals surface area contributed by atoms with E-state index in [4.69, 9.17) is 9.47 Å². The Morgan fingerprint density at radius 3 is 2.67 bits per heavy atom. The van der Waals surface area contributed by atoms with E-state index in [1.807, 2.05) is 44.2 Å². The molecule has 126 valence electrons. The minimum absolute atomic E-state index is 0.0833. The number of carbonyl (C=O) groups excluding carboxylic acids is 1. The topological polar surface area (TPSA) is 60.5 Å². The molecular weight excluding hydrogens is 304 g/mol. The van der Waals surface area contributed by atoms with Gasteiger partial charge in [-0.1, -0.05) is 6.07 Å². The number of nitrogens with one attached hydrogen (secondary N) is 1. The molecule has 1 aromatic heterocycles. The number of carbonyl (C=O) groups is 1. The van der Waals surface area contributed by atoms with E-state index in [1.54, 1.807) is 25.6 Å². The van der Waals surface area contributed by atoms with Crippen LogP contribution in [0.1, 0.15) is 31.0 Å². The minimum Gasteiger partial charge on any atom is -0.493 e. The average molecular weight is 326 g/mol. The molecular formula is C19H22N2O3. The SMILES string of the molecule is CCOc1cc(C=CC(=O)NC(C)c2ccncc2)ccc1OC. The van der Waals surface area contributed by atoms with Crippen molar-refractivity contribution in [3.8, 4) is 11.5 Å². The Hall–Kier alpha value is -2.82. The standard InChI is InChI=1S/C19H22N2O3/c1-4-24-18-13-15(5-7-17(18)23-3)6-8-19(22)21-14(2)16-9-11-20-12-10-16/h5-14H,4H2,1-3H3,(H,21,22). The van der Waals surface area contributed by atoms with Gasteiger partial charge in [0.25, 0.3) is 0 Å². The van der Waals surface area contributed by atoms with Gasteiger partial charge >= 0.3 is 0 Å². The molecule has 0 radical (unpaired) electrons. The molecule has 0 saturated carbocycles. The number of pyridine rings is 1. The fourth-order valence-corrected chi connectivity index (χ4v) is 2.23. The molecule has 0 aliphatic heterocycles. The summed E-state index contributed by atoms with van der Waals surface area (Å²) in [4.78, 5) is 16.0. The van der Waals surface area contributed by atoms with Gasteiger partial charge in [0, 0.05) is 18.5 Å². The molecule has 1 unspecified atom stereocenters. The third-order valence-electron chi connectivity index (χ3n) is 3.48. The number of hydrogen-bond donors (Lipinski definition) is 1. The fraction of sp³-hybridized carbons (Fsp3) is 0.263. The van der Waals surface area contributed by atoms with Crippen molar-refractivity contribution in [2.24, 2.45) is 0 Å². The maximum atomic E-state index is 12.1. The smallest absolute Gasteiger partial charge is 0.244 e. The van der Waals surface area contributed by atoms with E-state index in [0.29, 0.717) is 18.1 Å². The average Bonchev–Trinajstić information content (AvgIpc) is 2.61. The van der Waals surface area contributed by atoms with Gasteiger partial charge in [0.2, 0.25) is 5.91 Å². The van der Waals surface area contributed by atoms with Crippen molar-refractivity contribution in [1.29, 1.82) is 0 Å². The Kier molecular flexibility index (Phi) is 6.37. The third kappa shape index (κ3) is 4.84. The van der Waals surface area contributed by atoms with Gasteiger partial charge in [0.05, 0.1) is 19.8 Å². The zero-order valence-electron chi connectivity index (χ0n) is 14.2. The molecule has 1 N–H and O–H groups in total. The molecule has 0 aliphatic carbocycles. The molecule has 0 aliphatic rings. The second kappa shape index (κ2) is 8.72. The summed E-state index contributed by atoms with van der Waals surface area (Å²) < 4.78 is 10.8. The molecule has 0 fully saturated rings. The molecule has 0 saturated heterocycles. The highest BCUT2D eigenvalue weighted by Gasteiger charge is 2.07. The van der Waals surface area contributed by atoms with Gasteiger partial charge in [-0.05, 0) is 55.3 Å². The molecule has 1 atom stereocenters. The van der Waals surface area contributed by atoms with Gasteiger partial charge in [-0.15, -0.1) is 0 Å². The number of hydrogen-bond acceptors (Lipinski definition) is 4. The lowest BCUT2D eigenvalue weighted by atomic mass is 10.1. The van der Waals surface area contributed by atoms with Crippen LogP contribution in [0.4, 0.5) is 0 Å². The second-order valence-electron chi connectivity index (χ2n) is 5.19. The quantitative estimate of drug-likeness (QED) is 0.792. The van der Waals surface area contributed by atoms with Crippen LogP contribution < -0.4 is 14.8 Å². The van der Waals surface area contributed by atoms with Crippen LogP contribution in [-0.2, 0) is 4.79 Å². The lowest BCUT2D eigenvalue weighted by Crippen LogP contribution is -2.24. The summed E-state index contributed by atoms with van der Waals surface area (Å²) in [6, 6.07) is 9.22. The molecule has 24 heavy (non-hydrogen) atoms. The van der Waals surface area contributed by atoms with Crippen molar-refractivity contribution in [3.05, 3.63) is 59.9 Å². The summed E-state index contributed by atoms with van der Waals surface area (Å²) in [5.41, 5.74) is 1.88. The van der Waals surface area contributed by atoms with Crippen LogP contribution in [0, 0.1) is 0 Å². The number of amides is 1. The van der Waals surface area contributed by atoms with Gasteiger partial charge < -0.3 is 14.8 Å². The molecule has 1 amide bonds. The van der Waals surface area contributed by atoms with Crippen LogP contribution in [0.25, 0.3) is 6.08 Å².